The highest BCUT2D eigenvalue weighted by Crippen LogP contribution is 2.28. The Morgan fingerprint density at radius 3 is 2.59 bits per heavy atom. The Morgan fingerprint density at radius 2 is 1.88 bits per heavy atom. The van der Waals surface area contributed by atoms with Gasteiger partial charge in [-0.25, -0.2) is 4.98 Å². The zero-order valence-corrected chi connectivity index (χ0v) is 20.3. The molecule has 0 radical (unpaired) electrons. The molecule has 32 heavy (non-hydrogen) atoms. The second kappa shape index (κ2) is 10.6. The molecule has 1 aliphatic heterocycles. The van der Waals surface area contributed by atoms with E-state index in [2.05, 4.69) is 61.8 Å². The maximum Gasteiger partial charge on any atom is 0.139 e. The van der Waals surface area contributed by atoms with Crippen LogP contribution in [-0.4, -0.2) is 59.5 Å². The van der Waals surface area contributed by atoms with Gasteiger partial charge in [0.15, 0.2) is 0 Å². The van der Waals surface area contributed by atoms with Crippen molar-refractivity contribution in [3.63, 3.8) is 0 Å². The first-order valence-corrected chi connectivity index (χ1v) is 12.1. The highest BCUT2D eigenvalue weighted by atomic mass is 35.5. The Morgan fingerprint density at radius 1 is 1.09 bits per heavy atom. The minimum atomic E-state index is 0.675. The van der Waals surface area contributed by atoms with Crippen molar-refractivity contribution in [2.75, 3.05) is 39.1 Å². The van der Waals surface area contributed by atoms with Crippen molar-refractivity contribution in [2.45, 2.75) is 51.1 Å². The normalized spacial score (nSPS) is 16.7. The molecule has 0 amide bonds. The third-order valence-electron chi connectivity index (χ3n) is 6.59. The number of piperidine rings is 1. The Kier molecular flexibility index (Phi) is 7.66. The van der Waals surface area contributed by atoms with Gasteiger partial charge in [-0.2, -0.15) is 0 Å². The van der Waals surface area contributed by atoms with Crippen LogP contribution in [0.4, 0.5) is 5.82 Å². The summed E-state index contributed by atoms with van der Waals surface area (Å²) < 4.78 is 2.07. The number of pyridine rings is 2. The summed E-state index contributed by atoms with van der Waals surface area (Å²) in [6, 6.07) is 11.1. The molecule has 5 rings (SSSR count). The summed E-state index contributed by atoms with van der Waals surface area (Å²) in [6.45, 7) is 2.79. The number of rotatable bonds is 4. The molecule has 6 nitrogen and oxygen atoms in total. The van der Waals surface area contributed by atoms with Gasteiger partial charge in [-0.15, -0.1) is 0 Å². The minimum absolute atomic E-state index is 0.675. The first-order chi connectivity index (χ1) is 15.6. The average Bonchev–Trinajstić information content (AvgIpc) is 3.15. The predicted octanol–water partition coefficient (Wildman–Crippen LogP) is 4.20. The largest absolute Gasteiger partial charge is 0.358 e. The summed E-state index contributed by atoms with van der Waals surface area (Å²) in [6.07, 6.45) is 9.35. The second-order valence-corrected chi connectivity index (χ2v) is 9.31. The molecule has 7 heteroatoms. The lowest BCUT2D eigenvalue weighted by atomic mass is 9.96. The summed E-state index contributed by atoms with van der Waals surface area (Å²) in [4.78, 5) is 13.7. The van der Waals surface area contributed by atoms with Gasteiger partial charge in [0.2, 0.25) is 0 Å². The number of hydrogen-bond acceptors (Lipinski definition) is 5. The van der Waals surface area contributed by atoms with E-state index in [0.717, 1.165) is 35.4 Å². The first kappa shape index (κ1) is 23.0. The number of aryl methyl sites for hydroxylation is 2. The van der Waals surface area contributed by atoms with Crippen LogP contribution in [0.1, 0.15) is 42.6 Å². The minimum Gasteiger partial charge on any atom is -0.358 e. The molecule has 1 aliphatic carbocycles. The average molecular weight is 455 g/mol. The van der Waals surface area contributed by atoms with Crippen molar-refractivity contribution in [2.24, 2.45) is 0 Å². The number of halogens is 1. The van der Waals surface area contributed by atoms with Gasteiger partial charge in [0, 0.05) is 37.6 Å². The third kappa shape index (κ3) is 5.08. The maximum absolute atomic E-state index is 6.56. The van der Waals surface area contributed by atoms with Crippen LogP contribution < -0.4 is 10.2 Å². The van der Waals surface area contributed by atoms with Crippen LogP contribution in [0.5, 0.6) is 0 Å². The van der Waals surface area contributed by atoms with E-state index >= 15 is 0 Å². The van der Waals surface area contributed by atoms with Crippen molar-refractivity contribution in [1.82, 2.24) is 24.6 Å². The summed E-state index contributed by atoms with van der Waals surface area (Å²) in [5.41, 5.74) is 4.62. The molecule has 172 valence electrons. The van der Waals surface area contributed by atoms with E-state index in [1.165, 1.54) is 49.8 Å². The smallest absolute Gasteiger partial charge is 0.139 e. The SMILES string of the molecule is CNCc1nc2cccc(N3CCC(N(C)C)CC3)n2c1Cl.c1cnc2c(c1)CCCC2. The maximum atomic E-state index is 6.56. The van der Waals surface area contributed by atoms with E-state index < -0.39 is 0 Å². The van der Waals surface area contributed by atoms with E-state index in [9.17, 15) is 0 Å². The lowest BCUT2D eigenvalue weighted by Gasteiger charge is -2.36. The van der Waals surface area contributed by atoms with Gasteiger partial charge >= 0.3 is 0 Å². The lowest BCUT2D eigenvalue weighted by molar-refractivity contribution is 0.249. The van der Waals surface area contributed by atoms with Crippen LogP contribution in [0, 0.1) is 0 Å². The highest BCUT2D eigenvalue weighted by molar-refractivity contribution is 6.30. The zero-order chi connectivity index (χ0) is 22.5. The van der Waals surface area contributed by atoms with Crippen LogP contribution in [0.3, 0.4) is 0 Å². The number of fused-ring (bicyclic) bond motifs is 2. The number of hydrogen-bond donors (Lipinski definition) is 1. The van der Waals surface area contributed by atoms with E-state index in [1.807, 2.05) is 25.4 Å². The van der Waals surface area contributed by atoms with Crippen LogP contribution >= 0.6 is 11.6 Å². The predicted molar refractivity (Wildman–Crippen MR) is 133 cm³/mol. The molecule has 3 aromatic heterocycles. The molecule has 0 saturated carbocycles. The Hall–Kier alpha value is -2.15. The molecule has 3 aromatic rings. The van der Waals surface area contributed by atoms with Crippen molar-refractivity contribution >= 4 is 23.1 Å². The zero-order valence-electron chi connectivity index (χ0n) is 19.5. The Bertz CT molecular complexity index is 997. The molecular formula is C25H35ClN6. The van der Waals surface area contributed by atoms with Crippen molar-refractivity contribution in [1.29, 1.82) is 0 Å². The van der Waals surface area contributed by atoms with E-state index in [4.69, 9.17) is 11.6 Å². The van der Waals surface area contributed by atoms with Gasteiger partial charge in [0.05, 0.1) is 5.69 Å². The van der Waals surface area contributed by atoms with Crippen LogP contribution in [0.15, 0.2) is 36.5 Å². The topological polar surface area (TPSA) is 48.7 Å². The molecule has 0 atom stereocenters. The highest BCUT2D eigenvalue weighted by Gasteiger charge is 2.23. The molecule has 1 saturated heterocycles. The fourth-order valence-electron chi connectivity index (χ4n) is 4.76. The van der Waals surface area contributed by atoms with Gasteiger partial charge in [-0.3, -0.25) is 9.38 Å². The molecule has 4 heterocycles. The summed E-state index contributed by atoms with van der Waals surface area (Å²) >= 11 is 6.56. The number of anilines is 1. The molecule has 2 aliphatic rings. The monoisotopic (exact) mass is 454 g/mol. The van der Waals surface area contributed by atoms with Gasteiger partial charge in [0.1, 0.15) is 16.6 Å². The molecule has 1 fully saturated rings. The summed E-state index contributed by atoms with van der Waals surface area (Å²) in [5.74, 6) is 1.15. The van der Waals surface area contributed by atoms with E-state index in [0.29, 0.717) is 12.6 Å². The Balaban J connectivity index is 0.000000203. The number of nitrogens with zero attached hydrogens (tertiary/aromatic N) is 5. The van der Waals surface area contributed by atoms with Crippen LogP contribution in [-0.2, 0) is 19.4 Å². The van der Waals surface area contributed by atoms with Gasteiger partial charge in [0.25, 0.3) is 0 Å². The first-order valence-electron chi connectivity index (χ1n) is 11.7. The van der Waals surface area contributed by atoms with Crippen molar-refractivity contribution in [3.05, 3.63) is 58.6 Å². The molecule has 0 spiro atoms. The van der Waals surface area contributed by atoms with E-state index in [1.54, 1.807) is 0 Å². The van der Waals surface area contributed by atoms with Crippen molar-refractivity contribution in [3.8, 4) is 0 Å². The fraction of sp³-hybridized carbons (Fsp3) is 0.520. The quantitative estimate of drug-likeness (QED) is 0.640. The van der Waals surface area contributed by atoms with Crippen LogP contribution in [0.2, 0.25) is 5.15 Å². The molecular weight excluding hydrogens is 420 g/mol. The van der Waals surface area contributed by atoms with E-state index in [-0.39, 0.29) is 0 Å². The summed E-state index contributed by atoms with van der Waals surface area (Å²) in [5, 5.41) is 3.84. The molecule has 0 aromatic carbocycles. The number of imidazole rings is 1. The molecule has 0 unspecified atom stereocenters. The molecule has 1 N–H and O–H groups in total. The summed E-state index contributed by atoms with van der Waals surface area (Å²) in [7, 11) is 6.24. The molecule has 0 bridgehead atoms. The Labute approximate surface area is 196 Å². The van der Waals surface area contributed by atoms with Gasteiger partial charge in [-0.05, 0) is 83.4 Å². The van der Waals surface area contributed by atoms with Crippen LogP contribution in [0.25, 0.3) is 5.65 Å². The van der Waals surface area contributed by atoms with Crippen molar-refractivity contribution < 1.29 is 0 Å². The third-order valence-corrected chi connectivity index (χ3v) is 6.98. The second-order valence-electron chi connectivity index (χ2n) is 8.96. The number of aromatic nitrogens is 3. The van der Waals surface area contributed by atoms with Gasteiger partial charge in [-0.1, -0.05) is 23.7 Å². The lowest BCUT2D eigenvalue weighted by Crippen LogP contribution is -2.42. The number of nitrogens with one attached hydrogen (secondary N) is 1. The standard InChI is InChI=1S/C16H24ClN5.C9H11N/c1-18-11-13-16(17)22-14(19-13)5-4-6-15(22)21-9-7-12(8-10-21)20(2)3;1-2-6-9-8(4-1)5-3-7-10-9/h4-6,12,18H,7-11H2,1-3H3;3,5,7H,1-2,4,6H2. The van der Waals surface area contributed by atoms with Gasteiger partial charge < -0.3 is 15.1 Å². The fourth-order valence-corrected chi connectivity index (χ4v) is 5.04.